The highest BCUT2D eigenvalue weighted by Crippen LogP contribution is 2.16. The average molecular weight is 226 g/mol. The molecule has 86 valence electrons. The van der Waals surface area contributed by atoms with Crippen LogP contribution in [-0.4, -0.2) is 0 Å². The van der Waals surface area contributed by atoms with E-state index in [2.05, 4.69) is 30.8 Å². The van der Waals surface area contributed by atoms with Gasteiger partial charge in [-0.2, -0.15) is 4.57 Å². The van der Waals surface area contributed by atoms with Gasteiger partial charge >= 0.3 is 0 Å². The minimum Gasteiger partial charge on any atom is -0.193 e. The number of aryl methyl sites for hydroxylation is 2. The first-order valence-electron chi connectivity index (χ1n) is 6.32. The van der Waals surface area contributed by atoms with Gasteiger partial charge in [0.05, 0.1) is 4.88 Å². The molecule has 1 heterocycles. The summed E-state index contributed by atoms with van der Waals surface area (Å²) < 4.78 is 2.40. The third-order valence-electron chi connectivity index (χ3n) is 2.92. The van der Waals surface area contributed by atoms with Gasteiger partial charge in [0.25, 0.3) is 0 Å². The van der Waals surface area contributed by atoms with Crippen LogP contribution >= 0.6 is 11.3 Å². The lowest BCUT2D eigenvalue weighted by molar-refractivity contribution is -0.696. The van der Waals surface area contributed by atoms with Gasteiger partial charge in [-0.3, -0.25) is 0 Å². The summed E-state index contributed by atoms with van der Waals surface area (Å²) in [4.78, 5) is 1.62. The van der Waals surface area contributed by atoms with E-state index in [0.717, 1.165) is 6.54 Å². The molecule has 0 aliphatic carbocycles. The molecule has 0 amide bonds. The Bertz CT molecular complexity index is 278. The molecule has 0 atom stereocenters. The summed E-state index contributed by atoms with van der Waals surface area (Å²) in [5.41, 5.74) is 3.85. The summed E-state index contributed by atoms with van der Waals surface area (Å²) >= 11 is 1.95. The van der Waals surface area contributed by atoms with Crippen LogP contribution in [0.3, 0.4) is 0 Å². The van der Waals surface area contributed by atoms with Crippen LogP contribution in [0.15, 0.2) is 5.51 Å². The highest BCUT2D eigenvalue weighted by Gasteiger charge is 2.15. The predicted octanol–water partition coefficient (Wildman–Crippen LogP) is 3.74. The van der Waals surface area contributed by atoms with E-state index in [0.29, 0.717) is 0 Å². The Kier molecular flexibility index (Phi) is 5.92. The van der Waals surface area contributed by atoms with Gasteiger partial charge in [-0.25, -0.2) is 0 Å². The Hall–Kier alpha value is -0.370. The molecule has 1 aromatic rings. The summed E-state index contributed by atoms with van der Waals surface area (Å²) in [5.74, 6) is 0. The highest BCUT2D eigenvalue weighted by molar-refractivity contribution is 7.09. The van der Waals surface area contributed by atoms with Crippen molar-refractivity contribution in [2.75, 3.05) is 0 Å². The lowest BCUT2D eigenvalue weighted by atomic mass is 10.1. The molecule has 0 unspecified atom stereocenters. The van der Waals surface area contributed by atoms with Gasteiger partial charge in [0.2, 0.25) is 5.51 Å². The van der Waals surface area contributed by atoms with Gasteiger partial charge in [-0.15, -0.1) is 0 Å². The molecule has 1 nitrogen and oxygen atoms in total. The SMILES string of the molecule is CCCCCCc1sc[n+](CC)c1CC. The first kappa shape index (κ1) is 12.7. The maximum Gasteiger partial charge on any atom is 0.225 e. The number of aromatic nitrogens is 1. The van der Waals surface area contributed by atoms with Crippen molar-refractivity contribution in [2.24, 2.45) is 0 Å². The zero-order valence-corrected chi connectivity index (χ0v) is 11.2. The van der Waals surface area contributed by atoms with Crippen LogP contribution in [0.1, 0.15) is 57.0 Å². The van der Waals surface area contributed by atoms with Crippen molar-refractivity contribution in [3.8, 4) is 0 Å². The molecule has 2 heteroatoms. The fourth-order valence-electron chi connectivity index (χ4n) is 2.00. The van der Waals surface area contributed by atoms with Crippen LogP contribution in [0, 0.1) is 0 Å². The van der Waals surface area contributed by atoms with Crippen molar-refractivity contribution in [1.29, 1.82) is 0 Å². The summed E-state index contributed by atoms with van der Waals surface area (Å²) in [6.45, 7) is 7.89. The molecular formula is C13H24NS+. The van der Waals surface area contributed by atoms with Crippen molar-refractivity contribution in [3.63, 3.8) is 0 Å². The number of thiazole rings is 1. The van der Waals surface area contributed by atoms with Gasteiger partial charge < -0.3 is 0 Å². The van der Waals surface area contributed by atoms with Crippen molar-refractivity contribution in [2.45, 2.75) is 65.8 Å². The van der Waals surface area contributed by atoms with Crippen molar-refractivity contribution < 1.29 is 4.57 Å². The molecule has 0 spiro atoms. The molecule has 0 aromatic carbocycles. The fourth-order valence-corrected chi connectivity index (χ4v) is 3.19. The Morgan fingerprint density at radius 3 is 2.53 bits per heavy atom. The van der Waals surface area contributed by atoms with Gasteiger partial charge in [-0.1, -0.05) is 44.4 Å². The molecular weight excluding hydrogens is 202 g/mol. The molecule has 0 fully saturated rings. The van der Waals surface area contributed by atoms with E-state index in [-0.39, 0.29) is 0 Å². The van der Waals surface area contributed by atoms with E-state index >= 15 is 0 Å². The number of hydrogen-bond acceptors (Lipinski definition) is 1. The lowest BCUT2D eigenvalue weighted by Gasteiger charge is -1.98. The van der Waals surface area contributed by atoms with Gasteiger partial charge in [0.1, 0.15) is 6.54 Å². The lowest BCUT2D eigenvalue weighted by Crippen LogP contribution is -2.34. The third-order valence-corrected chi connectivity index (χ3v) is 4.01. The first-order chi connectivity index (χ1) is 7.33. The largest absolute Gasteiger partial charge is 0.225 e. The Morgan fingerprint density at radius 1 is 1.13 bits per heavy atom. The van der Waals surface area contributed by atoms with E-state index in [1.807, 2.05) is 11.3 Å². The van der Waals surface area contributed by atoms with E-state index < -0.39 is 0 Å². The quantitative estimate of drug-likeness (QED) is 0.492. The summed E-state index contributed by atoms with van der Waals surface area (Å²) in [6.07, 6.45) is 7.96. The zero-order chi connectivity index (χ0) is 11.1. The number of rotatable bonds is 7. The topological polar surface area (TPSA) is 3.88 Å². The second-order valence-electron chi connectivity index (χ2n) is 4.04. The third kappa shape index (κ3) is 3.60. The smallest absolute Gasteiger partial charge is 0.193 e. The Morgan fingerprint density at radius 2 is 1.93 bits per heavy atom. The molecule has 0 saturated heterocycles. The molecule has 15 heavy (non-hydrogen) atoms. The van der Waals surface area contributed by atoms with E-state index in [4.69, 9.17) is 0 Å². The first-order valence-corrected chi connectivity index (χ1v) is 7.20. The number of nitrogens with zero attached hydrogens (tertiary/aromatic N) is 1. The van der Waals surface area contributed by atoms with Gasteiger partial charge in [0.15, 0.2) is 5.69 Å². The van der Waals surface area contributed by atoms with Gasteiger partial charge in [-0.05, 0) is 19.8 Å². The fraction of sp³-hybridized carbons (Fsp3) is 0.769. The van der Waals surface area contributed by atoms with Crippen LogP contribution in [0.2, 0.25) is 0 Å². The van der Waals surface area contributed by atoms with Crippen LogP contribution in [0.25, 0.3) is 0 Å². The van der Waals surface area contributed by atoms with Crippen LogP contribution in [0.4, 0.5) is 0 Å². The molecule has 0 bridgehead atoms. The normalized spacial score (nSPS) is 10.9. The molecule has 1 rings (SSSR count). The monoisotopic (exact) mass is 226 g/mol. The van der Waals surface area contributed by atoms with Crippen LogP contribution in [0.5, 0.6) is 0 Å². The van der Waals surface area contributed by atoms with Crippen molar-refractivity contribution in [1.82, 2.24) is 0 Å². The summed E-state index contributed by atoms with van der Waals surface area (Å²) in [5, 5.41) is 0. The molecule has 1 aromatic heterocycles. The maximum atomic E-state index is 2.40. The predicted molar refractivity (Wildman–Crippen MR) is 67.4 cm³/mol. The number of hydrogen-bond donors (Lipinski definition) is 0. The van der Waals surface area contributed by atoms with Crippen molar-refractivity contribution in [3.05, 3.63) is 16.1 Å². The van der Waals surface area contributed by atoms with Gasteiger partial charge in [0, 0.05) is 6.42 Å². The molecule has 0 radical (unpaired) electrons. The molecule has 0 saturated carbocycles. The second-order valence-corrected chi connectivity index (χ2v) is 4.98. The molecule has 0 aliphatic rings. The highest BCUT2D eigenvalue weighted by atomic mass is 32.1. The molecule has 0 aliphatic heterocycles. The summed E-state index contributed by atoms with van der Waals surface area (Å²) in [6, 6.07) is 0. The minimum atomic E-state index is 1.12. The van der Waals surface area contributed by atoms with Crippen LogP contribution < -0.4 is 4.57 Å². The summed E-state index contributed by atoms with van der Waals surface area (Å²) in [7, 11) is 0. The van der Waals surface area contributed by atoms with E-state index in [1.54, 1.807) is 10.6 Å². The Balaban J connectivity index is 2.49. The maximum absolute atomic E-state index is 2.40. The Labute approximate surface area is 98.2 Å². The molecule has 0 N–H and O–H groups in total. The minimum absolute atomic E-state index is 1.12. The second kappa shape index (κ2) is 7.00. The zero-order valence-electron chi connectivity index (χ0n) is 10.4. The van der Waals surface area contributed by atoms with E-state index in [9.17, 15) is 0 Å². The number of unbranched alkanes of at least 4 members (excludes halogenated alkanes) is 3. The van der Waals surface area contributed by atoms with Crippen molar-refractivity contribution >= 4 is 11.3 Å². The average Bonchev–Trinajstić information content (AvgIpc) is 2.66. The van der Waals surface area contributed by atoms with Crippen LogP contribution in [-0.2, 0) is 19.4 Å². The van der Waals surface area contributed by atoms with E-state index in [1.165, 1.54) is 38.5 Å². The standard InChI is InChI=1S/C13H24NS/c1-4-7-8-9-10-13-12(5-2)14(6-3)11-15-13/h11H,4-10H2,1-3H3/q+1.